The van der Waals surface area contributed by atoms with Crippen molar-refractivity contribution in [3.8, 4) is 0 Å². The minimum Gasteiger partial charge on any atom is -0.343 e. The van der Waals surface area contributed by atoms with E-state index in [9.17, 15) is 14.9 Å². The number of aromatic nitrogens is 1. The molecule has 3 aromatic rings. The van der Waals surface area contributed by atoms with Gasteiger partial charge in [0, 0.05) is 17.8 Å². The number of amides is 1. The van der Waals surface area contributed by atoms with Crippen molar-refractivity contribution in [1.29, 1.82) is 0 Å². The van der Waals surface area contributed by atoms with Crippen molar-refractivity contribution in [2.45, 2.75) is 12.5 Å². The molecule has 0 aliphatic heterocycles. The number of para-hydroxylation sites is 1. The van der Waals surface area contributed by atoms with E-state index < -0.39 is 11.0 Å². The third-order valence-corrected chi connectivity index (χ3v) is 3.96. The summed E-state index contributed by atoms with van der Waals surface area (Å²) in [6, 6.07) is 20.8. The molecule has 0 aliphatic rings. The summed E-state index contributed by atoms with van der Waals surface area (Å²) in [6.45, 7) is 0. The van der Waals surface area contributed by atoms with Gasteiger partial charge in [0.1, 0.15) is 0 Å². The molecule has 26 heavy (non-hydrogen) atoms. The largest absolute Gasteiger partial charge is 0.343 e. The number of hydrogen-bond donors (Lipinski definition) is 1. The molecule has 0 saturated heterocycles. The van der Waals surface area contributed by atoms with E-state index in [4.69, 9.17) is 0 Å². The molecule has 1 aromatic heterocycles. The van der Waals surface area contributed by atoms with Crippen molar-refractivity contribution >= 4 is 11.6 Å². The smallest absolute Gasteiger partial charge is 0.273 e. The summed E-state index contributed by atoms with van der Waals surface area (Å²) in [5.74, 6) is -0.307. The van der Waals surface area contributed by atoms with Crippen molar-refractivity contribution in [3.63, 3.8) is 0 Å². The van der Waals surface area contributed by atoms with Gasteiger partial charge < -0.3 is 5.32 Å². The molecule has 2 aromatic carbocycles. The van der Waals surface area contributed by atoms with Crippen LogP contribution in [0.15, 0.2) is 79.0 Å². The van der Waals surface area contributed by atoms with Crippen LogP contribution in [-0.4, -0.2) is 15.8 Å². The van der Waals surface area contributed by atoms with Crippen LogP contribution in [-0.2, 0) is 11.2 Å². The van der Waals surface area contributed by atoms with E-state index in [1.165, 1.54) is 6.07 Å². The van der Waals surface area contributed by atoms with Crippen molar-refractivity contribution in [2.24, 2.45) is 0 Å². The molecule has 0 spiro atoms. The molecule has 1 unspecified atom stereocenters. The molecule has 0 aliphatic carbocycles. The maximum absolute atomic E-state index is 12.6. The zero-order valence-electron chi connectivity index (χ0n) is 13.9. The highest BCUT2D eigenvalue weighted by molar-refractivity contribution is 5.80. The second kappa shape index (κ2) is 8.02. The lowest BCUT2D eigenvalue weighted by Gasteiger charge is -2.19. The molecule has 6 nitrogen and oxygen atoms in total. The van der Waals surface area contributed by atoms with E-state index in [0.717, 1.165) is 5.56 Å². The van der Waals surface area contributed by atoms with E-state index >= 15 is 0 Å². The fraction of sp³-hybridized carbons (Fsp3) is 0.100. The lowest BCUT2D eigenvalue weighted by atomic mass is 10.0. The normalized spacial score (nSPS) is 11.5. The molecule has 130 valence electrons. The topological polar surface area (TPSA) is 85.1 Å². The summed E-state index contributed by atoms with van der Waals surface area (Å²) in [5, 5.41) is 14.1. The third-order valence-electron chi connectivity index (χ3n) is 3.96. The van der Waals surface area contributed by atoms with Crippen LogP contribution in [0.25, 0.3) is 0 Å². The van der Waals surface area contributed by atoms with Crippen molar-refractivity contribution in [2.75, 3.05) is 0 Å². The van der Waals surface area contributed by atoms with E-state index in [-0.39, 0.29) is 18.0 Å². The highest BCUT2D eigenvalue weighted by Gasteiger charge is 2.20. The molecule has 0 bridgehead atoms. The van der Waals surface area contributed by atoms with Crippen molar-refractivity contribution in [3.05, 3.63) is 106 Å². The Morgan fingerprint density at radius 2 is 1.69 bits per heavy atom. The molecule has 1 amide bonds. The lowest BCUT2D eigenvalue weighted by Crippen LogP contribution is -2.31. The molecular weight excluding hydrogens is 330 g/mol. The van der Waals surface area contributed by atoms with Gasteiger partial charge in [0.15, 0.2) is 0 Å². The van der Waals surface area contributed by atoms with E-state index in [0.29, 0.717) is 11.3 Å². The first kappa shape index (κ1) is 17.3. The average molecular weight is 347 g/mol. The number of carbonyl (C=O) groups excluding carboxylic acids is 1. The number of carbonyl (C=O) groups is 1. The van der Waals surface area contributed by atoms with Crippen LogP contribution in [0.1, 0.15) is 22.9 Å². The number of rotatable bonds is 6. The van der Waals surface area contributed by atoms with Gasteiger partial charge in [0.05, 0.1) is 23.1 Å². The highest BCUT2D eigenvalue weighted by Crippen LogP contribution is 2.22. The maximum Gasteiger partial charge on any atom is 0.273 e. The molecule has 1 heterocycles. The summed E-state index contributed by atoms with van der Waals surface area (Å²) >= 11 is 0. The molecule has 1 atom stereocenters. The van der Waals surface area contributed by atoms with Crippen LogP contribution < -0.4 is 5.32 Å². The number of benzene rings is 2. The predicted molar refractivity (Wildman–Crippen MR) is 97.5 cm³/mol. The zero-order valence-corrected chi connectivity index (χ0v) is 13.9. The van der Waals surface area contributed by atoms with Crippen LogP contribution in [0.3, 0.4) is 0 Å². The van der Waals surface area contributed by atoms with Crippen molar-refractivity contribution in [1.82, 2.24) is 10.3 Å². The fourth-order valence-electron chi connectivity index (χ4n) is 2.74. The monoisotopic (exact) mass is 347 g/mol. The predicted octanol–water partition coefficient (Wildman–Crippen LogP) is 3.44. The SMILES string of the molecule is O=C(Cc1ccccc1[N+](=O)[O-])NC(c1ccccc1)c1ccccn1. The highest BCUT2D eigenvalue weighted by atomic mass is 16.6. The van der Waals surface area contributed by atoms with Gasteiger partial charge in [-0.2, -0.15) is 0 Å². The maximum atomic E-state index is 12.6. The summed E-state index contributed by atoms with van der Waals surface area (Å²) in [4.78, 5) is 27.6. The Morgan fingerprint density at radius 3 is 2.38 bits per heavy atom. The van der Waals surface area contributed by atoms with Crippen molar-refractivity contribution < 1.29 is 9.72 Å². The number of pyridine rings is 1. The Balaban J connectivity index is 1.84. The van der Waals surface area contributed by atoms with Gasteiger partial charge in [0.2, 0.25) is 5.91 Å². The number of nitrogens with zero attached hydrogens (tertiary/aromatic N) is 2. The minimum absolute atomic E-state index is 0.0586. The first-order valence-electron chi connectivity index (χ1n) is 8.12. The summed E-state index contributed by atoms with van der Waals surface area (Å²) in [7, 11) is 0. The quantitative estimate of drug-likeness (QED) is 0.547. The number of nitro benzene ring substituents is 1. The Labute approximate surface area is 150 Å². The Kier molecular flexibility index (Phi) is 5.34. The zero-order chi connectivity index (χ0) is 18.4. The summed E-state index contributed by atoms with van der Waals surface area (Å²) in [6.07, 6.45) is 1.59. The Hall–Kier alpha value is -3.54. The minimum atomic E-state index is -0.476. The number of hydrogen-bond acceptors (Lipinski definition) is 4. The third kappa shape index (κ3) is 4.10. The van der Waals surface area contributed by atoms with Crippen LogP contribution in [0.2, 0.25) is 0 Å². The first-order valence-corrected chi connectivity index (χ1v) is 8.12. The molecule has 3 rings (SSSR count). The van der Waals surface area contributed by atoms with Gasteiger partial charge in [0.25, 0.3) is 5.69 Å². The molecule has 6 heteroatoms. The average Bonchev–Trinajstić information content (AvgIpc) is 2.68. The Morgan fingerprint density at radius 1 is 1.00 bits per heavy atom. The second-order valence-corrected chi connectivity index (χ2v) is 5.73. The molecule has 0 radical (unpaired) electrons. The van der Waals surface area contributed by atoms with Crippen LogP contribution in [0, 0.1) is 10.1 Å². The van der Waals surface area contributed by atoms with Gasteiger partial charge in [-0.1, -0.05) is 54.6 Å². The first-order chi connectivity index (χ1) is 12.6. The number of nitro groups is 1. The van der Waals surface area contributed by atoms with Gasteiger partial charge in [-0.05, 0) is 17.7 Å². The van der Waals surface area contributed by atoms with E-state index in [2.05, 4.69) is 10.3 Å². The van der Waals surface area contributed by atoms with E-state index in [1.807, 2.05) is 42.5 Å². The lowest BCUT2D eigenvalue weighted by molar-refractivity contribution is -0.385. The van der Waals surface area contributed by atoms with Gasteiger partial charge in [-0.3, -0.25) is 19.9 Å². The van der Waals surface area contributed by atoms with Gasteiger partial charge in [-0.25, -0.2) is 0 Å². The standard InChI is InChI=1S/C20H17N3O3/c24-19(14-16-10-4-5-12-18(16)23(25)26)22-20(15-8-2-1-3-9-15)17-11-6-7-13-21-17/h1-13,20H,14H2,(H,22,24). The molecule has 0 saturated carbocycles. The van der Waals surface area contributed by atoms with Crippen LogP contribution in [0.5, 0.6) is 0 Å². The summed E-state index contributed by atoms with van der Waals surface area (Å²) < 4.78 is 0. The number of nitrogens with one attached hydrogen (secondary N) is 1. The van der Waals surface area contributed by atoms with E-state index in [1.54, 1.807) is 30.5 Å². The van der Waals surface area contributed by atoms with Gasteiger partial charge in [-0.15, -0.1) is 0 Å². The Bertz CT molecular complexity index is 859. The van der Waals surface area contributed by atoms with Gasteiger partial charge >= 0.3 is 0 Å². The molecule has 1 N–H and O–H groups in total. The molecular formula is C20H17N3O3. The van der Waals surface area contributed by atoms with Crippen LogP contribution in [0.4, 0.5) is 5.69 Å². The van der Waals surface area contributed by atoms with Crippen LogP contribution >= 0.6 is 0 Å². The second-order valence-electron chi connectivity index (χ2n) is 5.73. The summed E-state index contributed by atoms with van der Waals surface area (Å²) in [5.41, 5.74) is 1.91. The fourth-order valence-corrected chi connectivity index (χ4v) is 2.74. The molecule has 0 fully saturated rings.